The third-order valence-electron chi connectivity index (χ3n) is 2.21. The Morgan fingerprint density at radius 3 is 2.81 bits per heavy atom. The van der Waals surface area contributed by atoms with Crippen LogP contribution < -0.4 is 0 Å². The van der Waals surface area contributed by atoms with E-state index in [0.29, 0.717) is 16.1 Å². The van der Waals surface area contributed by atoms with Crippen molar-refractivity contribution >= 4 is 29.3 Å². The van der Waals surface area contributed by atoms with E-state index >= 15 is 0 Å². The molecule has 0 aliphatic heterocycles. The molecule has 0 atom stereocenters. The fourth-order valence-electron chi connectivity index (χ4n) is 1.50. The predicted octanol–water partition coefficient (Wildman–Crippen LogP) is 3.82. The fraction of sp³-hybridized carbons (Fsp3) is 0.357. The number of thioether (sulfide) groups is 1. The third-order valence-corrected chi connectivity index (χ3v) is 3.24. The van der Waals surface area contributed by atoms with Gasteiger partial charge in [0.05, 0.1) is 0 Å². The van der Waals surface area contributed by atoms with Crippen molar-refractivity contribution in [2.45, 2.75) is 31.6 Å². The Morgan fingerprint density at radius 1 is 1.38 bits per heavy atom. The lowest BCUT2D eigenvalue weighted by Crippen LogP contribution is -2.24. The van der Waals surface area contributed by atoms with E-state index in [9.17, 15) is 4.79 Å². The molecule has 0 radical (unpaired) electrons. The average molecular weight is 327 g/mol. The maximum atomic E-state index is 11.6. The molecule has 2 aromatic rings. The number of aromatic nitrogens is 2. The number of ether oxygens (including phenoxy) is 1. The van der Waals surface area contributed by atoms with Crippen LogP contribution in [0.25, 0.3) is 11.5 Å². The van der Waals surface area contributed by atoms with Crippen molar-refractivity contribution in [3.63, 3.8) is 0 Å². The van der Waals surface area contributed by atoms with E-state index in [1.165, 1.54) is 0 Å². The van der Waals surface area contributed by atoms with Gasteiger partial charge in [-0.05, 0) is 39.0 Å². The second-order valence-corrected chi connectivity index (χ2v) is 6.62. The van der Waals surface area contributed by atoms with Gasteiger partial charge < -0.3 is 9.15 Å². The molecule has 0 unspecified atom stereocenters. The molecule has 0 saturated heterocycles. The van der Waals surface area contributed by atoms with Crippen LogP contribution in [0.15, 0.2) is 33.9 Å². The normalized spacial score (nSPS) is 11.4. The molecule has 2 rings (SSSR count). The second-order valence-electron chi connectivity index (χ2n) is 5.26. The van der Waals surface area contributed by atoms with Gasteiger partial charge >= 0.3 is 5.97 Å². The Hall–Kier alpha value is -1.53. The van der Waals surface area contributed by atoms with Gasteiger partial charge in [0.2, 0.25) is 5.89 Å². The fourth-order valence-corrected chi connectivity index (χ4v) is 2.22. The van der Waals surface area contributed by atoms with Crippen LogP contribution in [0.4, 0.5) is 0 Å². The van der Waals surface area contributed by atoms with Crippen LogP contribution in [0.3, 0.4) is 0 Å². The standard InChI is InChI=1S/C14H15ClN2O3S/c1-14(2,3)20-11(18)8-21-13-17-16-12(19-13)9-5-4-6-10(15)7-9/h4-7H,8H2,1-3H3. The molecule has 0 saturated carbocycles. The summed E-state index contributed by atoms with van der Waals surface area (Å²) in [5.74, 6) is 0.160. The van der Waals surface area contributed by atoms with E-state index < -0.39 is 5.60 Å². The van der Waals surface area contributed by atoms with Crippen molar-refractivity contribution < 1.29 is 13.9 Å². The van der Waals surface area contributed by atoms with E-state index in [-0.39, 0.29) is 11.7 Å². The first-order valence-corrected chi connectivity index (χ1v) is 7.64. The number of carbonyl (C=O) groups excluding carboxylic acids is 1. The van der Waals surface area contributed by atoms with Gasteiger partial charge in [0.15, 0.2) is 0 Å². The van der Waals surface area contributed by atoms with Crippen LogP contribution in [-0.4, -0.2) is 27.5 Å². The summed E-state index contributed by atoms with van der Waals surface area (Å²) >= 11 is 7.05. The van der Waals surface area contributed by atoms with Crippen LogP contribution in [0.2, 0.25) is 5.02 Å². The molecule has 5 nitrogen and oxygen atoms in total. The zero-order valence-electron chi connectivity index (χ0n) is 11.9. The first kappa shape index (κ1) is 15.9. The van der Waals surface area contributed by atoms with Crippen molar-refractivity contribution in [2.24, 2.45) is 0 Å². The quantitative estimate of drug-likeness (QED) is 0.628. The van der Waals surface area contributed by atoms with Crippen LogP contribution in [0, 0.1) is 0 Å². The van der Waals surface area contributed by atoms with Gasteiger partial charge in [-0.2, -0.15) is 0 Å². The minimum Gasteiger partial charge on any atom is -0.459 e. The van der Waals surface area contributed by atoms with Crippen molar-refractivity contribution in [2.75, 3.05) is 5.75 Å². The predicted molar refractivity (Wildman–Crippen MR) is 81.3 cm³/mol. The number of hydrogen-bond donors (Lipinski definition) is 0. The molecule has 1 aromatic carbocycles. The molecule has 21 heavy (non-hydrogen) atoms. The summed E-state index contributed by atoms with van der Waals surface area (Å²) in [6.07, 6.45) is 0. The number of benzene rings is 1. The highest BCUT2D eigenvalue weighted by Gasteiger charge is 2.18. The van der Waals surface area contributed by atoms with Gasteiger partial charge in [-0.3, -0.25) is 4.79 Å². The number of nitrogens with zero attached hydrogens (tertiary/aromatic N) is 2. The summed E-state index contributed by atoms with van der Waals surface area (Å²) in [6, 6.07) is 7.12. The Bertz CT molecular complexity index is 637. The Kier molecular flexibility index (Phi) is 4.90. The van der Waals surface area contributed by atoms with Crippen molar-refractivity contribution in [3.05, 3.63) is 29.3 Å². The van der Waals surface area contributed by atoms with Gasteiger partial charge in [0.25, 0.3) is 5.22 Å². The second kappa shape index (κ2) is 6.49. The van der Waals surface area contributed by atoms with Gasteiger partial charge in [0, 0.05) is 10.6 Å². The number of hydrogen-bond acceptors (Lipinski definition) is 6. The van der Waals surface area contributed by atoms with Gasteiger partial charge in [0.1, 0.15) is 11.4 Å². The molecule has 1 heterocycles. The molecule has 0 bridgehead atoms. The molecule has 7 heteroatoms. The van der Waals surface area contributed by atoms with Crippen LogP contribution in [-0.2, 0) is 9.53 Å². The van der Waals surface area contributed by atoms with Crippen LogP contribution in [0.1, 0.15) is 20.8 Å². The first-order chi connectivity index (χ1) is 9.83. The number of halogens is 1. The highest BCUT2D eigenvalue weighted by atomic mass is 35.5. The maximum absolute atomic E-state index is 11.6. The molecule has 0 spiro atoms. The Labute approximate surface area is 132 Å². The van der Waals surface area contributed by atoms with E-state index in [1.807, 2.05) is 26.8 Å². The highest BCUT2D eigenvalue weighted by Crippen LogP contribution is 2.25. The smallest absolute Gasteiger partial charge is 0.316 e. The van der Waals surface area contributed by atoms with Crippen LogP contribution >= 0.6 is 23.4 Å². The van der Waals surface area contributed by atoms with Gasteiger partial charge in [-0.1, -0.05) is 29.4 Å². The SMILES string of the molecule is CC(C)(C)OC(=O)CSc1nnc(-c2cccc(Cl)c2)o1. The summed E-state index contributed by atoms with van der Waals surface area (Å²) in [4.78, 5) is 11.6. The zero-order valence-corrected chi connectivity index (χ0v) is 13.5. The monoisotopic (exact) mass is 326 g/mol. The number of rotatable bonds is 4. The van der Waals surface area contributed by atoms with E-state index in [0.717, 1.165) is 17.3 Å². The minimum atomic E-state index is -0.502. The number of esters is 1. The van der Waals surface area contributed by atoms with E-state index in [2.05, 4.69) is 10.2 Å². The summed E-state index contributed by atoms with van der Waals surface area (Å²) in [7, 11) is 0. The minimum absolute atomic E-state index is 0.119. The largest absolute Gasteiger partial charge is 0.459 e. The molecule has 1 aromatic heterocycles. The number of carbonyl (C=O) groups is 1. The molecule has 0 fully saturated rings. The van der Waals surface area contributed by atoms with Crippen LogP contribution in [0.5, 0.6) is 0 Å². The molecule has 0 aliphatic rings. The first-order valence-electron chi connectivity index (χ1n) is 6.27. The van der Waals surface area contributed by atoms with Crippen molar-refractivity contribution in [3.8, 4) is 11.5 Å². The van der Waals surface area contributed by atoms with E-state index in [4.69, 9.17) is 20.8 Å². The Morgan fingerprint density at radius 2 is 2.14 bits per heavy atom. The Balaban J connectivity index is 1.96. The molecular weight excluding hydrogens is 312 g/mol. The molecule has 0 aliphatic carbocycles. The molecule has 0 amide bonds. The lowest BCUT2D eigenvalue weighted by atomic mass is 10.2. The lowest BCUT2D eigenvalue weighted by Gasteiger charge is -2.18. The topological polar surface area (TPSA) is 65.2 Å². The molecular formula is C14H15ClN2O3S. The average Bonchev–Trinajstić information content (AvgIpc) is 2.83. The van der Waals surface area contributed by atoms with Crippen molar-refractivity contribution in [1.29, 1.82) is 0 Å². The van der Waals surface area contributed by atoms with Gasteiger partial charge in [-0.15, -0.1) is 10.2 Å². The summed E-state index contributed by atoms with van der Waals surface area (Å²) < 4.78 is 10.7. The third kappa shape index (κ3) is 5.06. The van der Waals surface area contributed by atoms with Crippen molar-refractivity contribution in [1.82, 2.24) is 10.2 Å². The van der Waals surface area contributed by atoms with E-state index in [1.54, 1.807) is 18.2 Å². The maximum Gasteiger partial charge on any atom is 0.316 e. The summed E-state index contributed by atoms with van der Waals surface area (Å²) in [5.41, 5.74) is 0.234. The van der Waals surface area contributed by atoms with Gasteiger partial charge in [-0.25, -0.2) is 0 Å². The summed E-state index contributed by atoms with van der Waals surface area (Å²) in [5, 5.41) is 8.72. The zero-order chi connectivity index (χ0) is 15.5. The lowest BCUT2D eigenvalue weighted by molar-refractivity contribution is -0.151. The highest BCUT2D eigenvalue weighted by molar-refractivity contribution is 7.99. The molecule has 0 N–H and O–H groups in total. The molecule has 112 valence electrons. The summed E-state index contributed by atoms with van der Waals surface area (Å²) in [6.45, 7) is 5.46.